The van der Waals surface area contributed by atoms with Gasteiger partial charge in [-0.25, -0.2) is 4.79 Å². The molecule has 2 heteroatoms. The first-order valence-electron chi connectivity index (χ1n) is 5.05. The molecule has 0 heterocycles. The molecule has 0 aliphatic heterocycles. The van der Waals surface area contributed by atoms with E-state index in [9.17, 15) is 4.79 Å². The summed E-state index contributed by atoms with van der Waals surface area (Å²) in [5.41, 5.74) is 3.18. The first-order valence-corrected chi connectivity index (χ1v) is 5.05. The van der Waals surface area contributed by atoms with Gasteiger partial charge in [0.05, 0.1) is 6.61 Å². The number of aryl methyl sites for hydroxylation is 1. The number of carbonyl (C=O) groups excluding carboxylic acids is 1. The van der Waals surface area contributed by atoms with Crippen LogP contribution < -0.4 is 0 Å². The van der Waals surface area contributed by atoms with Gasteiger partial charge in [0.1, 0.15) is 0 Å². The summed E-state index contributed by atoms with van der Waals surface area (Å²) in [6.07, 6.45) is 1.52. The Kier molecular flexibility index (Phi) is 4.10. The minimum atomic E-state index is -0.282. The van der Waals surface area contributed by atoms with Crippen molar-refractivity contribution in [2.24, 2.45) is 0 Å². The van der Waals surface area contributed by atoms with Crippen LogP contribution in [0.25, 0.3) is 5.57 Å². The molecule has 0 radical (unpaired) electrons. The third-order valence-electron chi connectivity index (χ3n) is 2.13. The van der Waals surface area contributed by atoms with E-state index in [0.717, 1.165) is 11.1 Å². The smallest absolute Gasteiger partial charge is 0.331 e. The number of ether oxygens (including phenoxy) is 1. The van der Waals surface area contributed by atoms with Gasteiger partial charge in [0.15, 0.2) is 0 Å². The molecule has 0 saturated heterocycles. The van der Waals surface area contributed by atoms with E-state index in [1.54, 1.807) is 6.92 Å². The second-order valence-corrected chi connectivity index (χ2v) is 3.45. The molecular weight excluding hydrogens is 188 g/mol. The van der Waals surface area contributed by atoms with Crippen molar-refractivity contribution in [1.29, 1.82) is 0 Å². The Morgan fingerprint density at radius 2 is 1.93 bits per heavy atom. The predicted molar refractivity (Wildman–Crippen MR) is 61.5 cm³/mol. The quantitative estimate of drug-likeness (QED) is 0.559. The van der Waals surface area contributed by atoms with Gasteiger partial charge >= 0.3 is 5.97 Å². The van der Waals surface area contributed by atoms with Gasteiger partial charge in [0, 0.05) is 6.08 Å². The van der Waals surface area contributed by atoms with E-state index in [0.29, 0.717) is 6.61 Å². The molecule has 1 aromatic rings. The Bertz CT molecular complexity index is 361. The molecule has 1 aromatic carbocycles. The zero-order valence-corrected chi connectivity index (χ0v) is 9.41. The standard InChI is InChI=1S/C13H16O2/c1-4-15-13(14)9-11(3)12-7-5-10(2)6-8-12/h5-9H,4H2,1-3H3/b11-9+. The fourth-order valence-corrected chi connectivity index (χ4v) is 1.26. The molecule has 0 aliphatic rings. The number of benzene rings is 1. The Labute approximate surface area is 90.6 Å². The second-order valence-electron chi connectivity index (χ2n) is 3.45. The van der Waals surface area contributed by atoms with Crippen LogP contribution in [0.4, 0.5) is 0 Å². The Morgan fingerprint density at radius 3 is 2.47 bits per heavy atom. The molecule has 0 saturated carbocycles. The molecule has 80 valence electrons. The van der Waals surface area contributed by atoms with Crippen molar-refractivity contribution in [3.05, 3.63) is 41.5 Å². The molecule has 15 heavy (non-hydrogen) atoms. The molecule has 2 nitrogen and oxygen atoms in total. The molecule has 0 spiro atoms. The van der Waals surface area contributed by atoms with Gasteiger partial charge in [-0.2, -0.15) is 0 Å². The van der Waals surface area contributed by atoms with Crippen LogP contribution in [0.1, 0.15) is 25.0 Å². The molecule has 1 rings (SSSR count). The molecule has 0 fully saturated rings. The minimum absolute atomic E-state index is 0.282. The van der Waals surface area contributed by atoms with Crippen LogP contribution in [0.2, 0.25) is 0 Å². The van der Waals surface area contributed by atoms with E-state index in [1.165, 1.54) is 11.6 Å². The highest BCUT2D eigenvalue weighted by Crippen LogP contribution is 2.14. The van der Waals surface area contributed by atoms with Crippen LogP contribution in [0.15, 0.2) is 30.3 Å². The first-order chi connectivity index (χ1) is 7.13. The van der Waals surface area contributed by atoms with Crippen LogP contribution in [0, 0.1) is 6.92 Å². The molecule has 0 aromatic heterocycles. The number of allylic oxidation sites excluding steroid dienone is 1. The summed E-state index contributed by atoms with van der Waals surface area (Å²) in [6.45, 7) is 6.15. The fraction of sp³-hybridized carbons (Fsp3) is 0.308. The Hall–Kier alpha value is -1.57. The zero-order chi connectivity index (χ0) is 11.3. The third kappa shape index (κ3) is 3.58. The van der Waals surface area contributed by atoms with Gasteiger partial charge in [-0.3, -0.25) is 0 Å². The normalized spacial score (nSPS) is 11.3. The van der Waals surface area contributed by atoms with E-state index in [-0.39, 0.29) is 5.97 Å². The maximum Gasteiger partial charge on any atom is 0.331 e. The summed E-state index contributed by atoms with van der Waals surface area (Å²) < 4.78 is 4.84. The summed E-state index contributed by atoms with van der Waals surface area (Å²) in [6, 6.07) is 8.05. The van der Waals surface area contributed by atoms with Gasteiger partial charge in [-0.1, -0.05) is 29.8 Å². The van der Waals surface area contributed by atoms with Crippen LogP contribution in [-0.4, -0.2) is 12.6 Å². The summed E-state index contributed by atoms with van der Waals surface area (Å²) in [5.74, 6) is -0.282. The van der Waals surface area contributed by atoms with Crippen LogP contribution in [0.5, 0.6) is 0 Å². The minimum Gasteiger partial charge on any atom is -0.463 e. The lowest BCUT2D eigenvalue weighted by molar-refractivity contribution is -0.137. The van der Waals surface area contributed by atoms with E-state index in [1.807, 2.05) is 38.1 Å². The van der Waals surface area contributed by atoms with Crippen LogP contribution >= 0.6 is 0 Å². The van der Waals surface area contributed by atoms with Gasteiger partial charge < -0.3 is 4.74 Å². The summed E-state index contributed by atoms with van der Waals surface area (Å²) in [4.78, 5) is 11.2. The monoisotopic (exact) mass is 204 g/mol. The summed E-state index contributed by atoms with van der Waals surface area (Å²) in [5, 5.41) is 0. The van der Waals surface area contributed by atoms with E-state index < -0.39 is 0 Å². The number of hydrogen-bond acceptors (Lipinski definition) is 2. The lowest BCUT2D eigenvalue weighted by Gasteiger charge is -2.02. The van der Waals surface area contributed by atoms with Gasteiger partial charge in [0.25, 0.3) is 0 Å². The van der Waals surface area contributed by atoms with Gasteiger partial charge in [-0.05, 0) is 31.9 Å². The van der Waals surface area contributed by atoms with E-state index >= 15 is 0 Å². The average molecular weight is 204 g/mol. The first kappa shape index (κ1) is 11.5. The van der Waals surface area contributed by atoms with Crippen molar-refractivity contribution < 1.29 is 9.53 Å². The number of esters is 1. The van der Waals surface area contributed by atoms with E-state index in [4.69, 9.17) is 4.74 Å². The zero-order valence-electron chi connectivity index (χ0n) is 9.41. The maximum atomic E-state index is 11.2. The van der Waals surface area contributed by atoms with Gasteiger partial charge in [0.2, 0.25) is 0 Å². The topological polar surface area (TPSA) is 26.3 Å². The molecule has 0 unspecified atom stereocenters. The van der Waals surface area contributed by atoms with Crippen molar-refractivity contribution >= 4 is 11.5 Å². The van der Waals surface area contributed by atoms with Crippen molar-refractivity contribution in [3.63, 3.8) is 0 Å². The fourth-order valence-electron chi connectivity index (χ4n) is 1.26. The largest absolute Gasteiger partial charge is 0.463 e. The molecular formula is C13H16O2. The van der Waals surface area contributed by atoms with Crippen molar-refractivity contribution in [1.82, 2.24) is 0 Å². The number of rotatable bonds is 3. The van der Waals surface area contributed by atoms with Crippen molar-refractivity contribution in [2.45, 2.75) is 20.8 Å². The molecule has 0 atom stereocenters. The predicted octanol–water partition coefficient (Wildman–Crippen LogP) is 2.96. The Morgan fingerprint density at radius 1 is 1.33 bits per heavy atom. The summed E-state index contributed by atoms with van der Waals surface area (Å²) >= 11 is 0. The van der Waals surface area contributed by atoms with Crippen molar-refractivity contribution in [3.8, 4) is 0 Å². The maximum absolute atomic E-state index is 11.2. The van der Waals surface area contributed by atoms with Crippen molar-refractivity contribution in [2.75, 3.05) is 6.61 Å². The van der Waals surface area contributed by atoms with Crippen LogP contribution in [-0.2, 0) is 9.53 Å². The highest BCUT2D eigenvalue weighted by atomic mass is 16.5. The van der Waals surface area contributed by atoms with Gasteiger partial charge in [-0.15, -0.1) is 0 Å². The molecule has 0 amide bonds. The Balaban J connectivity index is 2.79. The average Bonchev–Trinajstić information content (AvgIpc) is 2.18. The highest BCUT2D eigenvalue weighted by Gasteiger charge is 2.00. The third-order valence-corrected chi connectivity index (χ3v) is 2.13. The molecule has 0 N–H and O–H groups in total. The SMILES string of the molecule is CCOC(=O)/C=C(\C)c1ccc(C)cc1. The lowest BCUT2D eigenvalue weighted by atomic mass is 10.1. The van der Waals surface area contributed by atoms with E-state index in [2.05, 4.69) is 0 Å². The molecule has 0 bridgehead atoms. The highest BCUT2D eigenvalue weighted by molar-refractivity contribution is 5.90. The number of carbonyl (C=O) groups is 1. The summed E-state index contributed by atoms with van der Waals surface area (Å²) in [7, 11) is 0. The second kappa shape index (κ2) is 5.35. The number of hydrogen-bond donors (Lipinski definition) is 0. The van der Waals surface area contributed by atoms with Crippen LogP contribution in [0.3, 0.4) is 0 Å². The lowest BCUT2D eigenvalue weighted by Crippen LogP contribution is -2.00. The molecule has 0 aliphatic carbocycles.